The highest BCUT2D eigenvalue weighted by Crippen LogP contribution is 2.43. The molecule has 0 radical (unpaired) electrons. The SMILES string of the molecule is Cn1nc2cccc(CC(=O)O)c2c1C1CC1. The summed E-state index contributed by atoms with van der Waals surface area (Å²) in [5.41, 5.74) is 3.00. The van der Waals surface area contributed by atoms with Crippen LogP contribution in [0.2, 0.25) is 0 Å². The smallest absolute Gasteiger partial charge is 0.307 e. The van der Waals surface area contributed by atoms with E-state index >= 15 is 0 Å². The van der Waals surface area contributed by atoms with Crippen molar-refractivity contribution in [3.8, 4) is 0 Å². The fourth-order valence-corrected chi connectivity index (χ4v) is 2.48. The van der Waals surface area contributed by atoms with Crippen LogP contribution >= 0.6 is 0 Å². The number of nitrogens with zero attached hydrogens (tertiary/aromatic N) is 2. The Morgan fingerprint density at radius 1 is 1.53 bits per heavy atom. The maximum absolute atomic E-state index is 10.9. The Hall–Kier alpha value is -1.84. The number of carbonyl (C=O) groups is 1. The molecule has 1 aliphatic carbocycles. The number of hydrogen-bond donors (Lipinski definition) is 1. The van der Waals surface area contributed by atoms with Crippen LogP contribution in [0.3, 0.4) is 0 Å². The molecule has 1 heterocycles. The molecule has 4 nitrogen and oxygen atoms in total. The minimum atomic E-state index is -0.789. The summed E-state index contributed by atoms with van der Waals surface area (Å²) in [5.74, 6) is -0.219. The Labute approximate surface area is 98.9 Å². The summed E-state index contributed by atoms with van der Waals surface area (Å²) < 4.78 is 1.91. The number of carboxylic acids is 1. The number of aromatic nitrogens is 2. The number of fused-ring (bicyclic) bond motifs is 1. The quantitative estimate of drug-likeness (QED) is 0.878. The fraction of sp³-hybridized carbons (Fsp3) is 0.385. The molecule has 1 aromatic heterocycles. The number of hydrogen-bond acceptors (Lipinski definition) is 2. The zero-order valence-electron chi connectivity index (χ0n) is 9.68. The number of rotatable bonds is 3. The van der Waals surface area contributed by atoms with Gasteiger partial charge in [0.2, 0.25) is 0 Å². The van der Waals surface area contributed by atoms with E-state index in [4.69, 9.17) is 5.11 Å². The first-order chi connectivity index (χ1) is 8.16. The van der Waals surface area contributed by atoms with Crippen LogP contribution in [0.5, 0.6) is 0 Å². The first-order valence-corrected chi connectivity index (χ1v) is 5.83. The van der Waals surface area contributed by atoms with Gasteiger partial charge in [0.15, 0.2) is 0 Å². The van der Waals surface area contributed by atoms with Gasteiger partial charge in [-0.25, -0.2) is 0 Å². The van der Waals surface area contributed by atoms with Crippen LogP contribution in [0.25, 0.3) is 10.9 Å². The van der Waals surface area contributed by atoms with E-state index in [1.54, 1.807) is 0 Å². The first-order valence-electron chi connectivity index (χ1n) is 5.83. The van der Waals surface area contributed by atoms with Crippen molar-refractivity contribution in [2.75, 3.05) is 0 Å². The van der Waals surface area contributed by atoms with E-state index in [0.717, 1.165) is 16.5 Å². The maximum atomic E-state index is 10.9. The van der Waals surface area contributed by atoms with E-state index in [0.29, 0.717) is 5.92 Å². The summed E-state index contributed by atoms with van der Waals surface area (Å²) in [6.07, 6.45) is 2.45. The number of carboxylic acid groups (broad SMARTS) is 1. The van der Waals surface area contributed by atoms with Gasteiger partial charge in [-0.15, -0.1) is 0 Å². The summed E-state index contributed by atoms with van der Waals surface area (Å²) in [6.45, 7) is 0. The summed E-state index contributed by atoms with van der Waals surface area (Å²) in [4.78, 5) is 10.9. The molecular weight excluding hydrogens is 216 g/mol. The monoisotopic (exact) mass is 230 g/mol. The van der Waals surface area contributed by atoms with Gasteiger partial charge < -0.3 is 5.11 Å². The Balaban J connectivity index is 2.23. The third-order valence-electron chi connectivity index (χ3n) is 3.30. The molecule has 2 aromatic rings. The Kier molecular flexibility index (Phi) is 2.18. The zero-order valence-corrected chi connectivity index (χ0v) is 9.68. The molecule has 17 heavy (non-hydrogen) atoms. The highest BCUT2D eigenvalue weighted by molar-refractivity contribution is 5.89. The molecule has 0 amide bonds. The molecule has 1 aromatic carbocycles. The molecule has 1 fully saturated rings. The van der Waals surface area contributed by atoms with Gasteiger partial charge in [0, 0.05) is 24.0 Å². The van der Waals surface area contributed by atoms with Crippen molar-refractivity contribution in [1.82, 2.24) is 9.78 Å². The van der Waals surface area contributed by atoms with Gasteiger partial charge in [-0.2, -0.15) is 5.10 Å². The van der Waals surface area contributed by atoms with Gasteiger partial charge in [-0.1, -0.05) is 12.1 Å². The average molecular weight is 230 g/mol. The van der Waals surface area contributed by atoms with E-state index in [1.165, 1.54) is 18.5 Å². The minimum Gasteiger partial charge on any atom is -0.481 e. The molecule has 1 saturated carbocycles. The second kappa shape index (κ2) is 3.58. The molecule has 0 unspecified atom stereocenters. The molecule has 3 rings (SSSR count). The second-order valence-electron chi connectivity index (χ2n) is 4.66. The van der Waals surface area contributed by atoms with Crippen molar-refractivity contribution in [3.05, 3.63) is 29.5 Å². The predicted octanol–water partition coefficient (Wildman–Crippen LogP) is 2.08. The van der Waals surface area contributed by atoms with Crippen LogP contribution < -0.4 is 0 Å². The van der Waals surface area contributed by atoms with Crippen LogP contribution in [-0.2, 0) is 18.3 Å². The molecule has 0 aliphatic heterocycles. The molecule has 0 atom stereocenters. The Bertz CT molecular complexity index is 597. The molecule has 0 spiro atoms. The Morgan fingerprint density at radius 2 is 2.29 bits per heavy atom. The van der Waals surface area contributed by atoms with E-state index < -0.39 is 5.97 Å². The molecule has 4 heteroatoms. The van der Waals surface area contributed by atoms with Crippen molar-refractivity contribution in [2.24, 2.45) is 7.05 Å². The summed E-state index contributed by atoms with van der Waals surface area (Å²) >= 11 is 0. The van der Waals surface area contributed by atoms with Crippen molar-refractivity contribution >= 4 is 16.9 Å². The van der Waals surface area contributed by atoms with E-state index in [2.05, 4.69) is 5.10 Å². The van der Waals surface area contributed by atoms with Gasteiger partial charge in [0.1, 0.15) is 0 Å². The summed E-state index contributed by atoms with van der Waals surface area (Å²) in [6, 6.07) is 5.72. The lowest BCUT2D eigenvalue weighted by Gasteiger charge is -2.03. The lowest BCUT2D eigenvalue weighted by atomic mass is 10.0. The largest absolute Gasteiger partial charge is 0.481 e. The molecule has 0 bridgehead atoms. The highest BCUT2D eigenvalue weighted by Gasteiger charge is 2.30. The van der Waals surface area contributed by atoms with Gasteiger partial charge >= 0.3 is 5.97 Å². The fourth-order valence-electron chi connectivity index (χ4n) is 2.48. The highest BCUT2D eigenvalue weighted by atomic mass is 16.4. The average Bonchev–Trinajstić information content (AvgIpc) is 3.01. The van der Waals surface area contributed by atoms with Gasteiger partial charge in [0.25, 0.3) is 0 Å². The normalized spacial score (nSPS) is 15.4. The molecular formula is C13H14N2O2. The van der Waals surface area contributed by atoms with E-state index in [1.807, 2.05) is 29.9 Å². The topological polar surface area (TPSA) is 55.1 Å². The standard InChI is InChI=1S/C13H14N2O2/c1-15-13(8-5-6-8)12-9(7-11(16)17)3-2-4-10(12)14-15/h2-4,8H,5-7H2,1H3,(H,16,17). The maximum Gasteiger partial charge on any atom is 0.307 e. The third kappa shape index (κ3) is 1.69. The van der Waals surface area contributed by atoms with E-state index in [9.17, 15) is 4.79 Å². The van der Waals surface area contributed by atoms with Crippen LogP contribution in [0.1, 0.15) is 30.0 Å². The van der Waals surface area contributed by atoms with Crippen molar-refractivity contribution in [1.29, 1.82) is 0 Å². The zero-order chi connectivity index (χ0) is 12.0. The molecule has 0 saturated heterocycles. The molecule has 1 aliphatic rings. The van der Waals surface area contributed by atoms with Gasteiger partial charge in [-0.05, 0) is 24.5 Å². The predicted molar refractivity (Wildman–Crippen MR) is 64.0 cm³/mol. The lowest BCUT2D eigenvalue weighted by molar-refractivity contribution is -0.136. The van der Waals surface area contributed by atoms with Crippen molar-refractivity contribution in [3.63, 3.8) is 0 Å². The van der Waals surface area contributed by atoms with Crippen molar-refractivity contribution in [2.45, 2.75) is 25.2 Å². The van der Waals surface area contributed by atoms with Crippen LogP contribution in [0, 0.1) is 0 Å². The van der Waals surface area contributed by atoms with Gasteiger partial charge in [-0.3, -0.25) is 9.48 Å². The lowest BCUT2D eigenvalue weighted by Crippen LogP contribution is -2.01. The van der Waals surface area contributed by atoms with Crippen LogP contribution in [-0.4, -0.2) is 20.9 Å². The summed E-state index contributed by atoms with van der Waals surface area (Å²) in [7, 11) is 1.94. The minimum absolute atomic E-state index is 0.0722. The number of aliphatic carboxylic acids is 1. The molecule has 88 valence electrons. The van der Waals surface area contributed by atoms with E-state index in [-0.39, 0.29) is 6.42 Å². The van der Waals surface area contributed by atoms with Crippen LogP contribution in [0.4, 0.5) is 0 Å². The first kappa shape index (κ1) is 10.3. The number of benzene rings is 1. The van der Waals surface area contributed by atoms with Crippen molar-refractivity contribution < 1.29 is 9.90 Å². The number of aryl methyl sites for hydroxylation is 1. The van der Waals surface area contributed by atoms with Crippen LogP contribution in [0.15, 0.2) is 18.2 Å². The summed E-state index contributed by atoms with van der Waals surface area (Å²) in [5, 5.41) is 14.5. The van der Waals surface area contributed by atoms with Gasteiger partial charge in [0.05, 0.1) is 11.9 Å². The molecule has 1 N–H and O–H groups in total. The Morgan fingerprint density at radius 3 is 2.94 bits per heavy atom. The third-order valence-corrected chi connectivity index (χ3v) is 3.30. The second-order valence-corrected chi connectivity index (χ2v) is 4.66.